The highest BCUT2D eigenvalue weighted by atomic mass is 79.9. The van der Waals surface area contributed by atoms with E-state index in [-0.39, 0.29) is 17.2 Å². The number of aromatic hydroxyl groups is 1. The summed E-state index contributed by atoms with van der Waals surface area (Å²) in [4.78, 5) is 23.6. The molecule has 0 aromatic heterocycles. The zero-order valence-corrected chi connectivity index (χ0v) is 19.0. The normalized spacial score (nSPS) is 11.4. The third-order valence-corrected chi connectivity index (χ3v) is 5.24. The van der Waals surface area contributed by atoms with Gasteiger partial charge in [-0.05, 0) is 82.0 Å². The summed E-state index contributed by atoms with van der Waals surface area (Å²) in [5.41, 5.74) is -0.365. The lowest BCUT2D eigenvalue weighted by Gasteiger charge is -2.21. The Hall–Kier alpha value is -2.06. The van der Waals surface area contributed by atoms with Gasteiger partial charge in [-0.2, -0.15) is 0 Å². The number of aliphatic carboxylic acids is 1. The molecular formula is C20H21Br2NO5. The topological polar surface area (TPSA) is 95.9 Å². The van der Waals surface area contributed by atoms with Crippen LogP contribution in [0.1, 0.15) is 49.5 Å². The molecule has 0 radical (unpaired) electrons. The second kappa shape index (κ2) is 8.53. The van der Waals surface area contributed by atoms with Crippen molar-refractivity contribution in [2.45, 2.75) is 39.2 Å². The maximum Gasteiger partial charge on any atom is 0.328 e. The van der Waals surface area contributed by atoms with Gasteiger partial charge in [0.15, 0.2) is 5.75 Å². The number of amides is 1. The van der Waals surface area contributed by atoms with E-state index in [0.717, 1.165) is 5.56 Å². The average Bonchev–Trinajstić information content (AvgIpc) is 2.58. The van der Waals surface area contributed by atoms with Gasteiger partial charge in [-0.3, -0.25) is 4.79 Å². The van der Waals surface area contributed by atoms with Crippen LogP contribution >= 0.6 is 31.9 Å². The van der Waals surface area contributed by atoms with Crippen molar-refractivity contribution in [3.63, 3.8) is 0 Å². The first-order chi connectivity index (χ1) is 12.9. The molecule has 0 aliphatic rings. The number of ether oxygens (including phenoxy) is 1. The molecule has 2 rings (SSSR count). The molecule has 0 unspecified atom stereocenters. The molecule has 0 atom stereocenters. The second-order valence-corrected chi connectivity index (χ2v) is 8.84. The van der Waals surface area contributed by atoms with E-state index in [1.165, 1.54) is 13.8 Å². The molecule has 0 saturated carbocycles. The molecule has 0 aliphatic heterocycles. The van der Waals surface area contributed by atoms with Crippen LogP contribution in [0.3, 0.4) is 0 Å². The monoisotopic (exact) mass is 513 g/mol. The quantitative estimate of drug-likeness (QED) is 0.478. The van der Waals surface area contributed by atoms with E-state index in [9.17, 15) is 14.7 Å². The van der Waals surface area contributed by atoms with Crippen LogP contribution in [0, 0.1) is 0 Å². The molecule has 3 N–H and O–H groups in total. The van der Waals surface area contributed by atoms with Crippen LogP contribution in [0.25, 0.3) is 0 Å². The van der Waals surface area contributed by atoms with Gasteiger partial charge in [-0.15, -0.1) is 0 Å². The minimum atomic E-state index is -1.40. The molecule has 6 nitrogen and oxygen atoms in total. The summed E-state index contributed by atoms with van der Waals surface area (Å²) in [7, 11) is 0. The number of benzene rings is 2. The predicted octanol–water partition coefficient (Wildman–Crippen LogP) is 5.43. The van der Waals surface area contributed by atoms with Gasteiger partial charge >= 0.3 is 5.97 Å². The van der Waals surface area contributed by atoms with Crippen molar-refractivity contribution < 1.29 is 24.5 Å². The number of hydrogen-bond donors (Lipinski definition) is 3. The fraction of sp³-hybridized carbons (Fsp3) is 0.300. The summed E-state index contributed by atoms with van der Waals surface area (Å²) in [6.45, 7) is 6.76. The molecule has 0 aliphatic carbocycles. The average molecular weight is 515 g/mol. The van der Waals surface area contributed by atoms with Crippen LogP contribution in [-0.4, -0.2) is 27.6 Å². The van der Waals surface area contributed by atoms with Crippen molar-refractivity contribution in [2.75, 3.05) is 0 Å². The first-order valence-corrected chi connectivity index (χ1v) is 10.1. The Morgan fingerprint density at radius 2 is 1.68 bits per heavy atom. The summed E-state index contributed by atoms with van der Waals surface area (Å²) in [6.07, 6.45) is 0. The van der Waals surface area contributed by atoms with Gasteiger partial charge < -0.3 is 20.3 Å². The molecule has 0 saturated heterocycles. The molecule has 2 aromatic rings. The fourth-order valence-corrected chi connectivity index (χ4v) is 3.72. The number of rotatable bonds is 6. The molecule has 1 amide bonds. The Bertz CT molecular complexity index is 902. The van der Waals surface area contributed by atoms with E-state index < -0.39 is 17.4 Å². The second-order valence-electron chi connectivity index (χ2n) is 7.13. The number of carboxylic acid groups (broad SMARTS) is 1. The lowest BCUT2D eigenvalue weighted by atomic mass is 10.0. The number of halogens is 2. The highest BCUT2D eigenvalue weighted by Gasteiger charge is 2.29. The zero-order chi connectivity index (χ0) is 21.2. The van der Waals surface area contributed by atoms with E-state index in [2.05, 4.69) is 37.2 Å². The number of hydrogen-bond acceptors (Lipinski definition) is 4. The van der Waals surface area contributed by atoms with E-state index in [0.29, 0.717) is 20.4 Å². The number of nitrogens with one attached hydrogen (secondary N) is 1. The highest BCUT2D eigenvalue weighted by molar-refractivity contribution is 9.11. The van der Waals surface area contributed by atoms with Gasteiger partial charge in [0.1, 0.15) is 17.0 Å². The lowest BCUT2D eigenvalue weighted by molar-refractivity contribution is -0.143. The van der Waals surface area contributed by atoms with E-state index in [1.807, 2.05) is 13.8 Å². The third-order valence-electron chi connectivity index (χ3n) is 4.06. The van der Waals surface area contributed by atoms with Gasteiger partial charge in [0.25, 0.3) is 5.91 Å². The van der Waals surface area contributed by atoms with Crippen molar-refractivity contribution in [3.8, 4) is 17.2 Å². The van der Waals surface area contributed by atoms with Crippen molar-refractivity contribution in [1.82, 2.24) is 5.32 Å². The van der Waals surface area contributed by atoms with Crippen LogP contribution in [-0.2, 0) is 4.79 Å². The minimum Gasteiger partial charge on any atom is -0.508 e. The predicted molar refractivity (Wildman–Crippen MR) is 113 cm³/mol. The number of carboxylic acids is 1. The third kappa shape index (κ3) is 5.05. The summed E-state index contributed by atoms with van der Waals surface area (Å²) in [6, 6.07) is 8.08. The van der Waals surface area contributed by atoms with Crippen LogP contribution in [0.4, 0.5) is 0 Å². The van der Waals surface area contributed by atoms with Gasteiger partial charge in [-0.25, -0.2) is 4.79 Å². The number of phenolic OH excluding ortho intramolecular Hbond substituents is 1. The molecule has 28 heavy (non-hydrogen) atoms. The standard InChI is InChI=1S/C20H21Br2NO5/c1-10(2)13-9-12(5-6-16(13)24)28-17-14(21)7-11(8-15(17)22)18(25)23-20(3,4)19(26)27/h5-10,24H,1-4H3,(H,23,25)(H,26,27). The van der Waals surface area contributed by atoms with E-state index in [1.54, 1.807) is 30.3 Å². The Labute approximate surface area is 180 Å². The number of phenols is 1. The van der Waals surface area contributed by atoms with E-state index >= 15 is 0 Å². The first-order valence-electron chi connectivity index (χ1n) is 8.48. The zero-order valence-electron chi connectivity index (χ0n) is 15.8. The molecule has 0 heterocycles. The molecule has 0 fully saturated rings. The molecule has 0 spiro atoms. The Morgan fingerprint density at radius 1 is 1.11 bits per heavy atom. The van der Waals surface area contributed by atoms with Crippen molar-refractivity contribution in [1.29, 1.82) is 0 Å². The summed E-state index contributed by atoms with van der Waals surface area (Å²) in [5.74, 6) is -0.339. The minimum absolute atomic E-state index is 0.124. The molecular weight excluding hydrogens is 494 g/mol. The Balaban J connectivity index is 2.31. The number of carbonyl (C=O) groups excluding carboxylic acids is 1. The van der Waals surface area contributed by atoms with Gasteiger partial charge in [-0.1, -0.05) is 13.8 Å². The maximum atomic E-state index is 12.4. The first kappa shape index (κ1) is 22.2. The highest BCUT2D eigenvalue weighted by Crippen LogP contribution is 2.39. The maximum absolute atomic E-state index is 12.4. The largest absolute Gasteiger partial charge is 0.508 e. The lowest BCUT2D eigenvalue weighted by Crippen LogP contribution is -2.49. The summed E-state index contributed by atoms with van der Waals surface area (Å²) in [5, 5.41) is 21.6. The van der Waals surface area contributed by atoms with Crippen LogP contribution < -0.4 is 10.1 Å². The van der Waals surface area contributed by atoms with Gasteiger partial charge in [0.05, 0.1) is 8.95 Å². The van der Waals surface area contributed by atoms with Crippen LogP contribution in [0.15, 0.2) is 39.3 Å². The van der Waals surface area contributed by atoms with E-state index in [4.69, 9.17) is 9.84 Å². The SMILES string of the molecule is CC(C)c1cc(Oc2c(Br)cc(C(=O)NC(C)(C)C(=O)O)cc2Br)ccc1O. The number of carbonyl (C=O) groups is 2. The van der Waals surface area contributed by atoms with Crippen LogP contribution in [0.2, 0.25) is 0 Å². The Morgan fingerprint density at radius 3 is 2.18 bits per heavy atom. The fourth-order valence-electron chi connectivity index (χ4n) is 2.37. The Kier molecular flexibility index (Phi) is 6.77. The molecule has 8 heteroatoms. The van der Waals surface area contributed by atoms with Crippen molar-refractivity contribution in [3.05, 3.63) is 50.4 Å². The van der Waals surface area contributed by atoms with Gasteiger partial charge in [0, 0.05) is 11.1 Å². The molecule has 150 valence electrons. The smallest absolute Gasteiger partial charge is 0.328 e. The van der Waals surface area contributed by atoms with Crippen molar-refractivity contribution >= 4 is 43.7 Å². The summed E-state index contributed by atoms with van der Waals surface area (Å²) < 4.78 is 6.96. The summed E-state index contributed by atoms with van der Waals surface area (Å²) >= 11 is 6.79. The van der Waals surface area contributed by atoms with Gasteiger partial charge in [0.2, 0.25) is 0 Å². The van der Waals surface area contributed by atoms with Crippen molar-refractivity contribution in [2.24, 2.45) is 0 Å². The molecule has 0 bridgehead atoms. The van der Waals surface area contributed by atoms with Crippen LogP contribution in [0.5, 0.6) is 17.2 Å². The molecule has 2 aromatic carbocycles.